The van der Waals surface area contributed by atoms with Gasteiger partial charge in [-0.3, -0.25) is 0 Å². The van der Waals surface area contributed by atoms with E-state index in [1.807, 2.05) is 18.2 Å². The number of nitrogens with zero attached hydrogens (tertiary/aromatic N) is 1. The fourth-order valence-electron chi connectivity index (χ4n) is 4.50. The Hall–Kier alpha value is -4.32. The third-order valence-corrected chi connectivity index (χ3v) is 6.04. The Balaban J connectivity index is 1.65. The molecule has 150 valence electrons. The van der Waals surface area contributed by atoms with Crippen LogP contribution in [0.5, 0.6) is 0 Å². The molecule has 0 amide bonds. The van der Waals surface area contributed by atoms with E-state index in [0.717, 1.165) is 0 Å². The largest absolute Gasteiger partial charge is 0.309 e. The molecule has 32 heavy (non-hydrogen) atoms. The van der Waals surface area contributed by atoms with Crippen LogP contribution in [0.2, 0.25) is 0 Å². The van der Waals surface area contributed by atoms with Crippen molar-refractivity contribution in [3.05, 3.63) is 139 Å². The molecule has 6 rings (SSSR count). The molecule has 0 unspecified atom stereocenters. The smallest absolute Gasteiger partial charge is 0.0547 e. The number of hydrogen-bond acceptors (Lipinski definition) is 0. The zero-order valence-electron chi connectivity index (χ0n) is 17.6. The lowest BCUT2D eigenvalue weighted by atomic mass is 10.0. The highest BCUT2D eigenvalue weighted by molar-refractivity contribution is 6.11. The third kappa shape index (κ3) is 3.13. The highest BCUT2D eigenvalue weighted by atomic mass is 15.0. The molecule has 0 atom stereocenters. The normalized spacial score (nSPS) is 12.9. The summed E-state index contributed by atoms with van der Waals surface area (Å²) in [4.78, 5) is 0. The van der Waals surface area contributed by atoms with Gasteiger partial charge in [-0.25, -0.2) is 0 Å². The monoisotopic (exact) mass is 407 g/mol. The Morgan fingerprint density at radius 2 is 1.34 bits per heavy atom. The minimum absolute atomic E-state index is 1.17. The number of aromatic nitrogens is 1. The Kier molecular flexibility index (Phi) is 4.46. The predicted molar refractivity (Wildman–Crippen MR) is 136 cm³/mol. The summed E-state index contributed by atoms with van der Waals surface area (Å²) in [5.74, 6) is 0. The van der Waals surface area contributed by atoms with E-state index >= 15 is 0 Å². The number of hydrogen-bond donors (Lipinski definition) is 0. The molecule has 0 radical (unpaired) electrons. The zero-order valence-corrected chi connectivity index (χ0v) is 17.6. The molecule has 1 nitrogen and oxygen atoms in total. The van der Waals surface area contributed by atoms with Crippen molar-refractivity contribution in [1.29, 1.82) is 0 Å². The second-order valence-corrected chi connectivity index (χ2v) is 7.99. The first-order valence-corrected chi connectivity index (χ1v) is 10.9. The lowest BCUT2D eigenvalue weighted by Gasteiger charge is -2.09. The highest BCUT2D eigenvalue weighted by Gasteiger charge is 2.14. The molecular formula is C31H21N. The van der Waals surface area contributed by atoms with Crippen molar-refractivity contribution in [1.82, 2.24) is 4.57 Å². The molecule has 0 spiro atoms. The van der Waals surface area contributed by atoms with Crippen LogP contribution < -0.4 is 0 Å². The summed E-state index contributed by atoms with van der Waals surface area (Å²) in [6.07, 6.45) is 10.2. The van der Waals surface area contributed by atoms with Gasteiger partial charge in [0, 0.05) is 16.5 Å². The van der Waals surface area contributed by atoms with Gasteiger partial charge < -0.3 is 4.57 Å². The summed E-state index contributed by atoms with van der Waals surface area (Å²) in [5.41, 5.74) is 11.6. The van der Waals surface area contributed by atoms with E-state index in [1.165, 1.54) is 49.8 Å². The van der Waals surface area contributed by atoms with Gasteiger partial charge in [0.2, 0.25) is 0 Å². The third-order valence-electron chi connectivity index (χ3n) is 6.04. The first-order chi connectivity index (χ1) is 15.9. The van der Waals surface area contributed by atoms with Gasteiger partial charge >= 0.3 is 0 Å². The van der Waals surface area contributed by atoms with Crippen molar-refractivity contribution in [3.8, 4) is 16.8 Å². The average Bonchev–Trinajstić information content (AvgIpc) is 2.99. The van der Waals surface area contributed by atoms with E-state index in [-0.39, 0.29) is 0 Å². The van der Waals surface area contributed by atoms with Gasteiger partial charge in [0.05, 0.1) is 11.0 Å². The summed E-state index contributed by atoms with van der Waals surface area (Å²) < 4.78 is 2.37. The van der Waals surface area contributed by atoms with Crippen LogP contribution in [0.3, 0.4) is 0 Å². The number of para-hydroxylation sites is 1. The quantitative estimate of drug-likeness (QED) is 0.266. The Morgan fingerprint density at radius 3 is 2.19 bits per heavy atom. The summed E-state index contributed by atoms with van der Waals surface area (Å²) in [6.45, 7) is 0. The summed E-state index contributed by atoms with van der Waals surface area (Å²) in [7, 11) is 0. The molecule has 1 aliphatic rings. The molecule has 1 heteroatoms. The topological polar surface area (TPSA) is 4.93 Å². The van der Waals surface area contributed by atoms with Gasteiger partial charge in [-0.15, -0.1) is 5.73 Å². The summed E-state index contributed by atoms with van der Waals surface area (Å²) >= 11 is 0. The molecule has 0 bridgehead atoms. The van der Waals surface area contributed by atoms with Crippen LogP contribution in [0.4, 0.5) is 0 Å². The Labute approximate surface area is 187 Å². The fourth-order valence-corrected chi connectivity index (χ4v) is 4.50. The number of allylic oxidation sites excluding steroid dienone is 5. The van der Waals surface area contributed by atoms with Crippen LogP contribution in [0.1, 0.15) is 5.56 Å². The zero-order chi connectivity index (χ0) is 21.3. The van der Waals surface area contributed by atoms with Crippen molar-refractivity contribution in [3.63, 3.8) is 0 Å². The van der Waals surface area contributed by atoms with Crippen LogP contribution in [0, 0.1) is 0 Å². The molecule has 4 aromatic carbocycles. The van der Waals surface area contributed by atoms with Gasteiger partial charge in [0.1, 0.15) is 0 Å². The van der Waals surface area contributed by atoms with Crippen LogP contribution in [0.25, 0.3) is 44.2 Å². The maximum absolute atomic E-state index is 3.23. The molecule has 0 saturated heterocycles. The van der Waals surface area contributed by atoms with Crippen LogP contribution in [-0.2, 0) is 0 Å². The van der Waals surface area contributed by atoms with Crippen molar-refractivity contribution < 1.29 is 0 Å². The molecule has 0 N–H and O–H groups in total. The molecule has 0 fully saturated rings. The number of rotatable bonds is 3. The molecule has 1 aliphatic carbocycles. The van der Waals surface area contributed by atoms with Gasteiger partial charge in [0.15, 0.2) is 0 Å². The predicted octanol–water partition coefficient (Wildman–Crippen LogP) is 8.12. The number of benzene rings is 4. The van der Waals surface area contributed by atoms with E-state index in [0.29, 0.717) is 0 Å². The molecule has 0 aliphatic heterocycles. The van der Waals surface area contributed by atoms with E-state index < -0.39 is 0 Å². The van der Waals surface area contributed by atoms with Crippen LogP contribution in [-0.4, -0.2) is 4.57 Å². The van der Waals surface area contributed by atoms with Gasteiger partial charge in [0.25, 0.3) is 0 Å². The minimum atomic E-state index is 1.17. The van der Waals surface area contributed by atoms with Crippen molar-refractivity contribution in [2.45, 2.75) is 0 Å². The van der Waals surface area contributed by atoms with Crippen molar-refractivity contribution in [2.75, 3.05) is 0 Å². The highest BCUT2D eigenvalue weighted by Crippen LogP contribution is 2.36. The minimum Gasteiger partial charge on any atom is -0.309 e. The molecule has 1 aromatic heterocycles. The summed E-state index contributed by atoms with van der Waals surface area (Å²) in [6, 6.07) is 34.8. The maximum atomic E-state index is 3.23. The number of fused-ring (bicyclic) bond motifs is 3. The van der Waals surface area contributed by atoms with Crippen LogP contribution in [0.15, 0.2) is 133 Å². The lowest BCUT2D eigenvalue weighted by molar-refractivity contribution is 1.18. The molecular weight excluding hydrogens is 386 g/mol. The SMILES string of the molecule is C1=CC=CC=C(c2ccc3c(c2)c2ccc(-c4ccccc4)cc2n3-c2ccccc2)C=1. The van der Waals surface area contributed by atoms with Gasteiger partial charge in [-0.2, -0.15) is 0 Å². The van der Waals surface area contributed by atoms with Crippen molar-refractivity contribution >= 4 is 27.4 Å². The Bertz CT molecular complexity index is 1570. The molecule has 0 saturated carbocycles. The van der Waals surface area contributed by atoms with E-state index in [2.05, 4.69) is 120 Å². The van der Waals surface area contributed by atoms with Gasteiger partial charge in [-0.1, -0.05) is 85.0 Å². The molecule has 1 heterocycles. The second-order valence-electron chi connectivity index (χ2n) is 7.99. The maximum Gasteiger partial charge on any atom is 0.0547 e. The van der Waals surface area contributed by atoms with Gasteiger partial charge in [-0.05, 0) is 64.7 Å². The lowest BCUT2D eigenvalue weighted by Crippen LogP contribution is -1.93. The second kappa shape index (κ2) is 7.74. The van der Waals surface area contributed by atoms with E-state index in [1.54, 1.807) is 0 Å². The van der Waals surface area contributed by atoms with Crippen molar-refractivity contribution in [2.24, 2.45) is 0 Å². The van der Waals surface area contributed by atoms with E-state index in [9.17, 15) is 0 Å². The van der Waals surface area contributed by atoms with Crippen LogP contribution >= 0.6 is 0 Å². The summed E-state index contributed by atoms with van der Waals surface area (Å²) in [5, 5.41) is 2.52. The fraction of sp³-hybridized carbons (Fsp3) is 0. The average molecular weight is 408 g/mol. The van der Waals surface area contributed by atoms with E-state index in [4.69, 9.17) is 0 Å². The Morgan fingerprint density at radius 1 is 0.562 bits per heavy atom. The first kappa shape index (κ1) is 18.4. The standard InChI is InChI=1S/C31H21N/c1-2-6-12-23(11-5-1)25-18-20-30-29(21-25)28-19-17-26(24-13-7-3-8-14-24)22-31(28)32(30)27-15-9-4-10-16-27/h1-5,7-22H. The molecule has 5 aromatic rings. The first-order valence-electron chi connectivity index (χ1n) is 10.9.